The third-order valence-electron chi connectivity index (χ3n) is 10.2. The van der Waals surface area contributed by atoms with Crippen molar-refractivity contribution in [1.82, 2.24) is 0 Å². The lowest BCUT2D eigenvalue weighted by atomic mass is 9.99. The standard InChI is InChI=1S/C46H82O12S/c1-3-5-7-9-11-13-15-16-17-18-19-20-21-22-23-24-25-27-29-31-33-35-42(48)56-40(38-54-36-34-32-30-28-26-14-12-10-8-6-4-2)39-55-46-44(50)45(58-59(51,52)53)43(49)41(37-47)57-46/h8,10,15-16,18-19,21-22,40-41,43-47,49-50H,3-7,9,11-14,17,20,23-39H2,1-2H3,(H,51,52,53)/b10-8-,16-15-,19-18-,22-21-. The van der Waals surface area contributed by atoms with Gasteiger partial charge >= 0.3 is 16.4 Å². The number of aliphatic hydroxyl groups is 3. The summed E-state index contributed by atoms with van der Waals surface area (Å²) in [6, 6.07) is 0. The molecule has 0 saturated carbocycles. The summed E-state index contributed by atoms with van der Waals surface area (Å²) in [5, 5.41) is 30.6. The molecule has 4 N–H and O–H groups in total. The van der Waals surface area contributed by atoms with Gasteiger partial charge in [0.15, 0.2) is 6.29 Å². The number of aliphatic hydroxyl groups excluding tert-OH is 3. The molecular weight excluding hydrogens is 777 g/mol. The summed E-state index contributed by atoms with van der Waals surface area (Å²) in [7, 11) is -5.06. The van der Waals surface area contributed by atoms with Crippen LogP contribution in [0.5, 0.6) is 0 Å². The van der Waals surface area contributed by atoms with Gasteiger partial charge < -0.3 is 34.3 Å². The number of unbranched alkanes of at least 4 members (excludes halogenated alkanes) is 18. The van der Waals surface area contributed by atoms with Crippen molar-refractivity contribution in [3.05, 3.63) is 48.6 Å². The monoisotopic (exact) mass is 859 g/mol. The van der Waals surface area contributed by atoms with Crippen molar-refractivity contribution in [2.45, 2.75) is 211 Å². The lowest BCUT2D eigenvalue weighted by Gasteiger charge is -2.41. The second kappa shape index (κ2) is 37.8. The first kappa shape index (κ1) is 55.1. The molecule has 0 aliphatic carbocycles. The first-order valence-electron chi connectivity index (χ1n) is 22.9. The van der Waals surface area contributed by atoms with E-state index >= 15 is 0 Å². The molecule has 0 amide bonds. The highest BCUT2D eigenvalue weighted by molar-refractivity contribution is 7.80. The highest BCUT2D eigenvalue weighted by Gasteiger charge is 2.48. The molecule has 1 heterocycles. The van der Waals surface area contributed by atoms with E-state index in [0.29, 0.717) is 13.0 Å². The second-order valence-electron chi connectivity index (χ2n) is 15.6. The summed E-state index contributed by atoms with van der Waals surface area (Å²) < 4.78 is 59.0. The summed E-state index contributed by atoms with van der Waals surface area (Å²) in [6.45, 7) is 3.88. The average Bonchev–Trinajstić information content (AvgIpc) is 3.20. The Morgan fingerprint density at radius 2 is 1.15 bits per heavy atom. The number of carbonyl (C=O) groups excluding carboxylic acids is 1. The van der Waals surface area contributed by atoms with Gasteiger partial charge in [0, 0.05) is 13.0 Å². The van der Waals surface area contributed by atoms with Crippen molar-refractivity contribution in [3.8, 4) is 0 Å². The molecule has 1 aliphatic rings. The fourth-order valence-electron chi connectivity index (χ4n) is 6.68. The fraction of sp³-hybridized carbons (Fsp3) is 0.804. The molecule has 12 nitrogen and oxygen atoms in total. The van der Waals surface area contributed by atoms with Crippen LogP contribution in [0.25, 0.3) is 0 Å². The fourth-order valence-corrected chi connectivity index (χ4v) is 7.19. The van der Waals surface area contributed by atoms with E-state index in [1.54, 1.807) is 0 Å². The zero-order chi connectivity index (χ0) is 43.2. The quantitative estimate of drug-likeness (QED) is 0.0199. The van der Waals surface area contributed by atoms with E-state index in [-0.39, 0.29) is 19.6 Å². The number of rotatable bonds is 39. The van der Waals surface area contributed by atoms with Crippen LogP contribution in [0.4, 0.5) is 0 Å². The van der Waals surface area contributed by atoms with Crippen LogP contribution in [0.3, 0.4) is 0 Å². The van der Waals surface area contributed by atoms with Gasteiger partial charge in [0.1, 0.15) is 30.5 Å². The predicted octanol–water partition coefficient (Wildman–Crippen LogP) is 9.58. The third-order valence-corrected chi connectivity index (χ3v) is 10.6. The maximum absolute atomic E-state index is 12.8. The zero-order valence-electron chi connectivity index (χ0n) is 36.6. The second-order valence-corrected chi connectivity index (χ2v) is 16.7. The van der Waals surface area contributed by atoms with E-state index in [9.17, 15) is 28.5 Å². The van der Waals surface area contributed by atoms with Gasteiger partial charge in [-0.2, -0.15) is 8.42 Å². The Bertz CT molecular complexity index is 1220. The molecule has 1 fully saturated rings. The predicted molar refractivity (Wildman–Crippen MR) is 234 cm³/mol. The molecule has 0 aromatic rings. The molecule has 13 heteroatoms. The molecule has 6 unspecified atom stereocenters. The van der Waals surface area contributed by atoms with E-state index in [1.165, 1.54) is 64.2 Å². The molecule has 0 bridgehead atoms. The van der Waals surface area contributed by atoms with Gasteiger partial charge in [-0.3, -0.25) is 9.35 Å². The summed E-state index contributed by atoms with van der Waals surface area (Å²) >= 11 is 0. The highest BCUT2D eigenvalue weighted by Crippen LogP contribution is 2.26. The van der Waals surface area contributed by atoms with E-state index in [2.05, 4.69) is 66.6 Å². The minimum absolute atomic E-state index is 0.0248. The maximum atomic E-state index is 12.8. The van der Waals surface area contributed by atoms with Crippen LogP contribution in [0.2, 0.25) is 0 Å². The number of ether oxygens (including phenoxy) is 4. The number of hydrogen-bond donors (Lipinski definition) is 4. The lowest BCUT2D eigenvalue weighted by Crippen LogP contribution is -2.60. The van der Waals surface area contributed by atoms with E-state index in [1.807, 2.05) is 0 Å². The molecule has 1 aliphatic heterocycles. The number of hydrogen-bond acceptors (Lipinski definition) is 11. The Labute approximate surface area is 357 Å². The minimum atomic E-state index is -5.06. The smallest absolute Gasteiger partial charge is 0.397 e. The third kappa shape index (κ3) is 31.6. The SMILES string of the molecule is CCC/C=C\CCCCCCCCOCC(COC1OC(CO)C(O)C(OS(=O)(=O)O)C1O)OC(=O)CCCCCCCC/C=C\C/C=C\C/C=C\CCCCCCC. The number of esters is 1. The Morgan fingerprint density at radius 3 is 1.71 bits per heavy atom. The van der Waals surface area contributed by atoms with Crippen molar-refractivity contribution in [1.29, 1.82) is 0 Å². The van der Waals surface area contributed by atoms with Crippen LogP contribution in [0, 0.1) is 0 Å². The summed E-state index contributed by atoms with van der Waals surface area (Å²) in [6.07, 6.45) is 35.8. The van der Waals surface area contributed by atoms with Gasteiger partial charge in [-0.1, -0.05) is 146 Å². The Kier molecular flexibility index (Phi) is 35.3. The average molecular weight is 859 g/mol. The first-order valence-corrected chi connectivity index (χ1v) is 24.3. The summed E-state index contributed by atoms with van der Waals surface area (Å²) in [4.78, 5) is 12.8. The van der Waals surface area contributed by atoms with Crippen molar-refractivity contribution in [2.75, 3.05) is 26.4 Å². The van der Waals surface area contributed by atoms with Crippen molar-refractivity contribution < 1.29 is 56.2 Å². The summed E-state index contributed by atoms with van der Waals surface area (Å²) in [5.74, 6) is -0.416. The van der Waals surface area contributed by atoms with Crippen molar-refractivity contribution in [3.63, 3.8) is 0 Å². The van der Waals surface area contributed by atoms with Gasteiger partial charge in [0.2, 0.25) is 0 Å². The van der Waals surface area contributed by atoms with E-state index < -0.39 is 59.8 Å². The van der Waals surface area contributed by atoms with Crippen LogP contribution in [0.15, 0.2) is 48.6 Å². The van der Waals surface area contributed by atoms with Gasteiger partial charge in [-0.15, -0.1) is 0 Å². The zero-order valence-corrected chi connectivity index (χ0v) is 37.4. The number of carbonyl (C=O) groups is 1. The molecular formula is C46H82O12S. The Balaban J connectivity index is 2.41. The molecule has 344 valence electrons. The highest BCUT2D eigenvalue weighted by atomic mass is 32.3. The van der Waals surface area contributed by atoms with Crippen LogP contribution in [-0.4, -0.2) is 97.5 Å². The largest absolute Gasteiger partial charge is 0.457 e. The van der Waals surface area contributed by atoms with Crippen LogP contribution in [-0.2, 0) is 38.3 Å². The van der Waals surface area contributed by atoms with E-state index in [4.69, 9.17) is 23.5 Å². The molecule has 6 atom stereocenters. The Morgan fingerprint density at radius 1 is 0.644 bits per heavy atom. The van der Waals surface area contributed by atoms with Gasteiger partial charge in [-0.25, -0.2) is 4.18 Å². The molecule has 0 spiro atoms. The maximum Gasteiger partial charge on any atom is 0.397 e. The van der Waals surface area contributed by atoms with Gasteiger partial charge in [0.05, 0.1) is 19.8 Å². The van der Waals surface area contributed by atoms with Crippen molar-refractivity contribution in [2.24, 2.45) is 0 Å². The Hall–Kier alpha value is -1.94. The first-order chi connectivity index (χ1) is 28.6. The lowest BCUT2D eigenvalue weighted by molar-refractivity contribution is -0.301. The molecule has 1 saturated heterocycles. The van der Waals surface area contributed by atoms with E-state index in [0.717, 1.165) is 83.5 Å². The minimum Gasteiger partial charge on any atom is -0.457 e. The molecule has 1 rings (SSSR count). The molecule has 0 radical (unpaired) electrons. The van der Waals surface area contributed by atoms with Gasteiger partial charge in [-0.05, 0) is 70.6 Å². The number of allylic oxidation sites excluding steroid dienone is 8. The topological polar surface area (TPSA) is 178 Å². The van der Waals surface area contributed by atoms with Crippen LogP contribution >= 0.6 is 0 Å². The van der Waals surface area contributed by atoms with Crippen LogP contribution < -0.4 is 0 Å². The van der Waals surface area contributed by atoms with Gasteiger partial charge in [0.25, 0.3) is 0 Å². The van der Waals surface area contributed by atoms with Crippen molar-refractivity contribution >= 4 is 16.4 Å². The molecule has 59 heavy (non-hydrogen) atoms. The summed E-state index contributed by atoms with van der Waals surface area (Å²) in [5.41, 5.74) is 0. The molecule has 0 aromatic heterocycles. The molecule has 0 aromatic carbocycles. The normalized spacial score (nSPS) is 20.8. The van der Waals surface area contributed by atoms with Crippen LogP contribution in [0.1, 0.15) is 174 Å².